The maximum absolute atomic E-state index is 8.37. The van der Waals surface area contributed by atoms with Crippen molar-refractivity contribution >= 4 is 0 Å². The predicted molar refractivity (Wildman–Crippen MR) is 52.3 cm³/mol. The molecule has 0 atom stereocenters. The zero-order chi connectivity index (χ0) is 11.3. The Morgan fingerprint density at radius 3 is 1.79 bits per heavy atom. The summed E-state index contributed by atoms with van der Waals surface area (Å²) in [6.07, 6.45) is 0. The number of aliphatic hydroxyl groups is 1. The van der Waals surface area contributed by atoms with Gasteiger partial charge in [-0.15, -0.1) is 0 Å². The molecule has 7 heteroatoms. The molecular weight excluding hydrogens is 197 g/mol. The molecule has 0 fully saturated rings. The Hall–Kier alpha value is 0.760. The zero-order valence-electron chi connectivity index (χ0n) is 9.96. The van der Waals surface area contributed by atoms with Crippen LogP contribution in [0, 0.1) is 5.21 Å². The van der Waals surface area contributed by atoms with Crippen molar-refractivity contribution in [2.24, 2.45) is 5.90 Å². The summed E-state index contributed by atoms with van der Waals surface area (Å²) in [5.74, 6) is 6.24. The third-order valence-electron chi connectivity index (χ3n) is 0.767. The van der Waals surface area contributed by atoms with Gasteiger partial charge in [-0.1, -0.05) is 0 Å². The van der Waals surface area contributed by atoms with Gasteiger partial charge in [-0.25, -0.2) is 10.7 Å². The quantitative estimate of drug-likeness (QED) is 0.277. The molecule has 0 aliphatic heterocycles. The van der Waals surface area contributed by atoms with Crippen molar-refractivity contribution in [2.75, 3.05) is 20.3 Å². The summed E-state index contributed by atoms with van der Waals surface area (Å²) in [7, 11) is 1.51. The molecule has 0 aliphatic carbocycles. The van der Waals surface area contributed by atoms with Gasteiger partial charge in [0.15, 0.2) is 0 Å². The number of hydrogen-bond acceptors (Lipinski definition) is 5. The number of nitrogens with two attached hydrogens (primary N) is 1. The van der Waals surface area contributed by atoms with Crippen molar-refractivity contribution in [1.29, 1.82) is 0 Å². The molecule has 84 valence electrons. The molecule has 0 aromatic carbocycles. The van der Waals surface area contributed by atoms with Crippen LogP contribution in [0.15, 0.2) is 0 Å². The summed E-state index contributed by atoms with van der Waals surface area (Å²) >= 11 is 0. The van der Waals surface area contributed by atoms with Gasteiger partial charge >= 0.3 is 29.6 Å². The van der Waals surface area contributed by atoms with Crippen molar-refractivity contribution in [3.63, 3.8) is 0 Å². The SMILES string of the molecule is CC(C)(C)NCCO.CO[NH3+].N[O-].[Na+]. The van der Waals surface area contributed by atoms with Gasteiger partial charge in [0.1, 0.15) is 0 Å². The second kappa shape index (κ2) is 19.4. The van der Waals surface area contributed by atoms with E-state index in [2.05, 4.69) is 42.7 Å². The van der Waals surface area contributed by atoms with Crippen molar-refractivity contribution in [1.82, 2.24) is 5.32 Å². The second-order valence-electron chi connectivity index (χ2n) is 3.19. The largest absolute Gasteiger partial charge is 1.00 e. The van der Waals surface area contributed by atoms with Crippen LogP contribution in [0.4, 0.5) is 0 Å². The summed E-state index contributed by atoms with van der Waals surface area (Å²) in [6, 6.07) is 0. The minimum absolute atomic E-state index is 0. The molecule has 0 saturated carbocycles. The van der Waals surface area contributed by atoms with Gasteiger partial charge in [0.25, 0.3) is 0 Å². The molecule has 0 aromatic heterocycles. The normalized spacial score (nSPS) is 8.57. The van der Waals surface area contributed by atoms with Crippen LogP contribution in [0.25, 0.3) is 0 Å². The molecule has 0 unspecified atom stereocenters. The maximum Gasteiger partial charge on any atom is 1.00 e. The summed E-state index contributed by atoms with van der Waals surface area (Å²) < 4.78 is 0. The third-order valence-corrected chi connectivity index (χ3v) is 0.767. The third kappa shape index (κ3) is 53.2. The van der Waals surface area contributed by atoms with E-state index in [9.17, 15) is 0 Å². The Kier molecular flexibility index (Phi) is 33.4. The number of nitrogens with one attached hydrogen (secondary N) is 1. The topological polar surface area (TPSA) is 118 Å². The Balaban J connectivity index is -0.0000000716. The number of hydrogen-bond donors (Lipinski definition) is 4. The van der Waals surface area contributed by atoms with E-state index in [1.54, 1.807) is 0 Å². The zero-order valence-corrected chi connectivity index (χ0v) is 12.0. The van der Waals surface area contributed by atoms with Gasteiger partial charge in [-0.05, 0) is 20.8 Å². The molecule has 0 heterocycles. The monoisotopic (exact) mass is 220 g/mol. The Labute approximate surface area is 108 Å². The van der Waals surface area contributed by atoms with Crippen molar-refractivity contribution in [3.8, 4) is 0 Å². The summed E-state index contributed by atoms with van der Waals surface area (Å²) in [5, 5.41) is 19.2. The molecule has 0 aliphatic rings. The fourth-order valence-electron chi connectivity index (χ4n) is 0.431. The van der Waals surface area contributed by atoms with Crippen LogP contribution in [-0.4, -0.2) is 30.9 Å². The summed E-state index contributed by atoms with van der Waals surface area (Å²) in [5.41, 5.74) is 0.142. The Morgan fingerprint density at radius 1 is 1.43 bits per heavy atom. The first kappa shape index (κ1) is 24.1. The molecule has 7 N–H and O–H groups in total. The van der Waals surface area contributed by atoms with Crippen molar-refractivity contribution in [2.45, 2.75) is 26.3 Å². The van der Waals surface area contributed by atoms with E-state index in [1.807, 2.05) is 0 Å². The molecule has 0 bridgehead atoms. The van der Waals surface area contributed by atoms with Crippen LogP contribution in [0.3, 0.4) is 0 Å². The van der Waals surface area contributed by atoms with Crippen LogP contribution in [0.1, 0.15) is 20.8 Å². The molecule has 0 spiro atoms. The van der Waals surface area contributed by atoms with Gasteiger partial charge in [0.2, 0.25) is 0 Å². The second-order valence-corrected chi connectivity index (χ2v) is 3.19. The predicted octanol–water partition coefficient (Wildman–Crippen LogP) is -4.40. The van der Waals surface area contributed by atoms with Gasteiger partial charge in [-0.2, -0.15) is 0 Å². The minimum atomic E-state index is 0. The number of β-amino-alcohol motifs (C(OH)–C–C–N with tert-alkyl or cyclic N) is 1. The van der Waals surface area contributed by atoms with E-state index < -0.39 is 0 Å². The molecule has 6 nitrogen and oxygen atoms in total. The molecule has 0 rings (SSSR count). The van der Waals surface area contributed by atoms with Gasteiger partial charge in [0, 0.05) is 12.1 Å². The van der Waals surface area contributed by atoms with Gasteiger partial charge < -0.3 is 21.5 Å². The molecule has 0 aromatic rings. The van der Waals surface area contributed by atoms with Gasteiger partial charge in [-0.3, -0.25) is 0 Å². The molecule has 0 amide bonds. The van der Waals surface area contributed by atoms with Crippen LogP contribution < -0.4 is 46.7 Å². The fourth-order valence-corrected chi connectivity index (χ4v) is 0.431. The number of aliphatic hydroxyl groups excluding tert-OH is 1. The maximum atomic E-state index is 8.37. The van der Waals surface area contributed by atoms with Gasteiger partial charge in [0.05, 0.1) is 13.7 Å². The molecule has 0 radical (unpaired) electrons. The molecule has 0 saturated heterocycles. The van der Waals surface area contributed by atoms with E-state index in [4.69, 9.17) is 10.3 Å². The van der Waals surface area contributed by atoms with E-state index in [-0.39, 0.29) is 41.7 Å². The first-order valence-corrected chi connectivity index (χ1v) is 3.85. The van der Waals surface area contributed by atoms with Crippen LogP contribution in [-0.2, 0) is 4.84 Å². The average molecular weight is 220 g/mol. The number of quaternary nitrogens is 1. The smallest absolute Gasteiger partial charge is 0.790 e. The number of rotatable bonds is 2. The van der Waals surface area contributed by atoms with Crippen LogP contribution in [0.5, 0.6) is 0 Å². The standard InChI is InChI=1S/C6H15NO.CH6NO.H2NO.Na/c1-6(2,3)7-4-5-8;1-3-2;1-2;/h7-8H,4-5H2,1-3H3;1-2H3;1H2;/q;+1;-1;+1. The van der Waals surface area contributed by atoms with E-state index >= 15 is 0 Å². The first-order chi connectivity index (χ1) is 5.97. The summed E-state index contributed by atoms with van der Waals surface area (Å²) in [6.45, 7) is 7.12. The van der Waals surface area contributed by atoms with Crippen molar-refractivity contribution in [3.05, 3.63) is 5.21 Å². The Bertz CT molecular complexity index is 81.1. The van der Waals surface area contributed by atoms with E-state index in [0.29, 0.717) is 6.54 Å². The fraction of sp³-hybridized carbons (Fsp3) is 1.00. The van der Waals surface area contributed by atoms with Crippen molar-refractivity contribution < 1.29 is 45.4 Å². The molecular formula is C7H23N3NaO3+. The minimum Gasteiger partial charge on any atom is -0.790 e. The van der Waals surface area contributed by atoms with Crippen LogP contribution in [0.2, 0.25) is 0 Å². The van der Waals surface area contributed by atoms with Crippen LogP contribution >= 0.6 is 0 Å². The summed E-state index contributed by atoms with van der Waals surface area (Å²) in [4.78, 5) is 4.00. The first-order valence-electron chi connectivity index (χ1n) is 3.85. The Morgan fingerprint density at radius 2 is 1.71 bits per heavy atom. The van der Waals surface area contributed by atoms with E-state index in [1.165, 1.54) is 7.11 Å². The molecule has 14 heavy (non-hydrogen) atoms. The average Bonchev–Trinajstić information content (AvgIpc) is 2.05. The van der Waals surface area contributed by atoms with E-state index in [0.717, 1.165) is 0 Å².